The maximum atomic E-state index is 12.0. The molecule has 1 rings (SSSR count). The highest BCUT2D eigenvalue weighted by Gasteiger charge is 2.24. The van der Waals surface area contributed by atoms with Crippen molar-refractivity contribution in [2.75, 3.05) is 19.3 Å². The number of rotatable bonds is 6. The molecule has 0 aliphatic heterocycles. The number of nitrogens with one attached hydrogen (secondary N) is 3. The number of aryl methyl sites for hydroxylation is 1. The number of aromatic nitrogens is 2. The number of nitrogens with zero attached hydrogens (tertiary/aromatic N) is 2. The summed E-state index contributed by atoms with van der Waals surface area (Å²) in [7, 11) is 1.62. The lowest BCUT2D eigenvalue weighted by molar-refractivity contribution is 0.0311. The van der Waals surface area contributed by atoms with Crippen LogP contribution in [0.15, 0.2) is 6.33 Å². The van der Waals surface area contributed by atoms with Crippen molar-refractivity contribution in [2.45, 2.75) is 39.0 Å². The molecule has 0 aliphatic carbocycles. The van der Waals surface area contributed by atoms with Crippen molar-refractivity contribution in [3.63, 3.8) is 0 Å². The molecule has 1 aromatic rings. The quantitative estimate of drug-likeness (QED) is 0.408. The second kappa shape index (κ2) is 9.09. The van der Waals surface area contributed by atoms with Gasteiger partial charge in [-0.2, -0.15) is 16.8 Å². The van der Waals surface area contributed by atoms with Gasteiger partial charge in [-0.05, 0) is 39.9 Å². The molecule has 0 spiro atoms. The van der Waals surface area contributed by atoms with E-state index in [-0.39, 0.29) is 0 Å². The van der Waals surface area contributed by atoms with Crippen LogP contribution < -0.4 is 10.7 Å². The van der Waals surface area contributed by atoms with Gasteiger partial charge in [0.15, 0.2) is 5.11 Å². The highest BCUT2D eigenvalue weighted by molar-refractivity contribution is 7.98. The van der Waals surface area contributed by atoms with E-state index in [4.69, 9.17) is 17.0 Å². The fourth-order valence-corrected chi connectivity index (χ4v) is 2.76. The number of hydrogen-bond donors (Lipinski definition) is 3. The third kappa shape index (κ3) is 7.19. The predicted octanol–water partition coefficient (Wildman–Crippen LogP) is 2.20. The van der Waals surface area contributed by atoms with E-state index in [0.29, 0.717) is 11.7 Å². The molecular formula is C14H25N5O2S2. The molecule has 130 valence electrons. The summed E-state index contributed by atoms with van der Waals surface area (Å²) in [5, 5.41) is 4.52. The predicted molar refractivity (Wildman–Crippen MR) is 97.2 cm³/mol. The van der Waals surface area contributed by atoms with Gasteiger partial charge in [0.25, 0.3) is 0 Å². The number of carbonyl (C=O) groups is 1. The maximum Gasteiger partial charge on any atom is 0.431 e. The van der Waals surface area contributed by atoms with Crippen molar-refractivity contribution in [1.82, 2.24) is 25.7 Å². The fraction of sp³-hybridized carbons (Fsp3) is 0.643. The molecule has 0 saturated carbocycles. The maximum absolute atomic E-state index is 12.0. The van der Waals surface area contributed by atoms with Gasteiger partial charge in [0.2, 0.25) is 0 Å². The Kier molecular flexibility index (Phi) is 7.80. The number of ether oxygens (including phenoxy) is 1. The SMILES string of the molecule is CNN(C(=O)OC(C)(C)C)C(=S)NCCSCc1[nH]cnc1C. The summed E-state index contributed by atoms with van der Waals surface area (Å²) in [6.45, 7) is 8.05. The monoisotopic (exact) mass is 359 g/mol. The zero-order chi connectivity index (χ0) is 17.5. The molecule has 1 heterocycles. The number of thioether (sulfide) groups is 1. The summed E-state index contributed by atoms with van der Waals surface area (Å²) in [4.78, 5) is 19.3. The fourth-order valence-electron chi connectivity index (χ4n) is 1.60. The lowest BCUT2D eigenvalue weighted by Crippen LogP contribution is -2.52. The Morgan fingerprint density at radius 1 is 1.52 bits per heavy atom. The van der Waals surface area contributed by atoms with Crippen molar-refractivity contribution >= 4 is 35.2 Å². The summed E-state index contributed by atoms with van der Waals surface area (Å²) in [5.74, 6) is 1.71. The second-order valence-electron chi connectivity index (χ2n) is 5.79. The average molecular weight is 360 g/mol. The third-order valence-corrected chi connectivity index (χ3v) is 4.02. The van der Waals surface area contributed by atoms with E-state index < -0.39 is 11.7 Å². The van der Waals surface area contributed by atoms with Gasteiger partial charge in [0.05, 0.1) is 12.0 Å². The van der Waals surface area contributed by atoms with Gasteiger partial charge in [0.1, 0.15) is 5.60 Å². The second-order valence-corrected chi connectivity index (χ2v) is 7.28. The van der Waals surface area contributed by atoms with Crippen LogP contribution in [0.4, 0.5) is 4.79 Å². The van der Waals surface area contributed by atoms with Crippen LogP contribution in [-0.2, 0) is 10.5 Å². The van der Waals surface area contributed by atoms with Crippen LogP contribution in [0.1, 0.15) is 32.2 Å². The minimum atomic E-state index is -0.570. The molecule has 0 fully saturated rings. The number of H-pyrrole nitrogens is 1. The Morgan fingerprint density at radius 3 is 2.74 bits per heavy atom. The van der Waals surface area contributed by atoms with E-state index in [0.717, 1.165) is 22.9 Å². The normalized spacial score (nSPS) is 11.2. The molecule has 9 heteroatoms. The summed E-state index contributed by atoms with van der Waals surface area (Å²) in [5.41, 5.74) is 4.31. The lowest BCUT2D eigenvalue weighted by atomic mass is 10.2. The molecule has 1 aromatic heterocycles. The highest BCUT2D eigenvalue weighted by atomic mass is 32.2. The minimum absolute atomic E-state index is 0.292. The van der Waals surface area contributed by atoms with Crippen LogP contribution in [0.2, 0.25) is 0 Å². The standard InChI is InChI=1S/C14H25N5O2S2/c1-10-11(18-9-17-10)8-23-7-6-16-12(22)19(15-5)13(20)21-14(2,3)4/h9,15H,6-8H2,1-5H3,(H,16,22)(H,17,18). The number of amides is 1. The zero-order valence-corrected chi connectivity index (χ0v) is 15.9. The average Bonchev–Trinajstić information content (AvgIpc) is 2.82. The van der Waals surface area contributed by atoms with Crippen molar-refractivity contribution < 1.29 is 9.53 Å². The Balaban J connectivity index is 2.31. The van der Waals surface area contributed by atoms with Crippen LogP contribution in [0.25, 0.3) is 0 Å². The Labute approximate surface area is 146 Å². The van der Waals surface area contributed by atoms with Gasteiger partial charge in [-0.3, -0.25) is 0 Å². The van der Waals surface area contributed by atoms with E-state index in [9.17, 15) is 4.79 Å². The topological polar surface area (TPSA) is 82.3 Å². The highest BCUT2D eigenvalue weighted by Crippen LogP contribution is 2.12. The van der Waals surface area contributed by atoms with Crippen molar-refractivity contribution in [3.05, 3.63) is 17.7 Å². The molecular weight excluding hydrogens is 334 g/mol. The number of imidazole rings is 1. The summed E-state index contributed by atoms with van der Waals surface area (Å²) in [6.07, 6.45) is 1.17. The number of hydrazine groups is 1. The zero-order valence-electron chi connectivity index (χ0n) is 14.2. The van der Waals surface area contributed by atoms with Gasteiger partial charge in [-0.1, -0.05) is 0 Å². The molecule has 0 aromatic carbocycles. The smallest absolute Gasteiger partial charge is 0.431 e. The number of hydrogen-bond acceptors (Lipinski definition) is 6. The first kappa shape index (κ1) is 19.7. The summed E-state index contributed by atoms with van der Waals surface area (Å²) in [6, 6.07) is 0. The molecule has 0 saturated heterocycles. The number of carbonyl (C=O) groups excluding carboxylic acids is 1. The minimum Gasteiger partial charge on any atom is -0.442 e. The number of thiocarbonyl (C=S) groups is 1. The van der Waals surface area contributed by atoms with Crippen LogP contribution in [0.3, 0.4) is 0 Å². The molecule has 0 aliphatic rings. The van der Waals surface area contributed by atoms with Crippen LogP contribution in [0.5, 0.6) is 0 Å². The van der Waals surface area contributed by atoms with E-state index in [2.05, 4.69) is 20.7 Å². The first-order valence-corrected chi connectivity index (χ1v) is 8.86. The van der Waals surface area contributed by atoms with E-state index in [1.165, 1.54) is 5.01 Å². The summed E-state index contributed by atoms with van der Waals surface area (Å²) < 4.78 is 5.28. The Morgan fingerprint density at radius 2 is 2.22 bits per heavy atom. The van der Waals surface area contributed by atoms with E-state index in [1.807, 2.05) is 27.7 Å². The third-order valence-electron chi connectivity index (χ3n) is 2.71. The Bertz CT molecular complexity index is 527. The van der Waals surface area contributed by atoms with Gasteiger partial charge in [0, 0.05) is 30.8 Å². The molecule has 1 amide bonds. The molecule has 3 N–H and O–H groups in total. The van der Waals surface area contributed by atoms with Crippen molar-refractivity contribution in [3.8, 4) is 0 Å². The van der Waals surface area contributed by atoms with E-state index in [1.54, 1.807) is 25.1 Å². The van der Waals surface area contributed by atoms with Gasteiger partial charge in [-0.25, -0.2) is 15.2 Å². The summed E-state index contributed by atoms with van der Waals surface area (Å²) >= 11 is 6.97. The van der Waals surface area contributed by atoms with Crippen LogP contribution >= 0.6 is 24.0 Å². The molecule has 0 radical (unpaired) electrons. The molecule has 0 unspecified atom stereocenters. The first-order chi connectivity index (χ1) is 10.7. The Hall–Kier alpha value is -1.32. The lowest BCUT2D eigenvalue weighted by Gasteiger charge is -2.26. The van der Waals surface area contributed by atoms with Crippen LogP contribution in [0, 0.1) is 6.92 Å². The molecule has 23 heavy (non-hydrogen) atoms. The van der Waals surface area contributed by atoms with Gasteiger partial charge in [-0.15, -0.1) is 0 Å². The van der Waals surface area contributed by atoms with E-state index >= 15 is 0 Å². The van der Waals surface area contributed by atoms with Crippen molar-refractivity contribution in [2.24, 2.45) is 0 Å². The number of aromatic amines is 1. The first-order valence-electron chi connectivity index (χ1n) is 7.29. The largest absolute Gasteiger partial charge is 0.442 e. The van der Waals surface area contributed by atoms with Crippen LogP contribution in [-0.4, -0.2) is 51.1 Å². The molecule has 0 bridgehead atoms. The van der Waals surface area contributed by atoms with Crippen molar-refractivity contribution in [1.29, 1.82) is 0 Å². The molecule has 0 atom stereocenters. The molecule has 7 nitrogen and oxygen atoms in total. The van der Waals surface area contributed by atoms with Gasteiger partial charge >= 0.3 is 6.09 Å². The van der Waals surface area contributed by atoms with Gasteiger partial charge < -0.3 is 15.0 Å².